The fourth-order valence-corrected chi connectivity index (χ4v) is 4.89. The van der Waals surface area contributed by atoms with Crippen LogP contribution >= 0.6 is 0 Å². The smallest absolute Gasteiger partial charge is 0.126 e. The summed E-state index contributed by atoms with van der Waals surface area (Å²) in [7, 11) is 0. The third-order valence-electron chi connectivity index (χ3n) is 7.07. The number of benzene rings is 1. The summed E-state index contributed by atoms with van der Waals surface area (Å²) < 4.78 is 29.9. The van der Waals surface area contributed by atoms with E-state index in [0.29, 0.717) is 17.7 Å². The summed E-state index contributed by atoms with van der Waals surface area (Å²) in [5.74, 6) is 2.93. The van der Waals surface area contributed by atoms with Crippen molar-refractivity contribution in [1.82, 2.24) is 0 Å². The van der Waals surface area contributed by atoms with E-state index in [4.69, 9.17) is 8.85 Å². The molecule has 2 heteroatoms. The van der Waals surface area contributed by atoms with E-state index in [9.17, 15) is 5.11 Å². The highest BCUT2D eigenvalue weighted by atomic mass is 16.5. The minimum absolute atomic E-state index is 0.0669. The van der Waals surface area contributed by atoms with Gasteiger partial charge in [-0.3, -0.25) is 0 Å². The molecule has 3 atom stereocenters. The first-order valence-electron chi connectivity index (χ1n) is 13.9. The van der Waals surface area contributed by atoms with Crippen molar-refractivity contribution in [3.8, 4) is 11.5 Å². The van der Waals surface area contributed by atoms with E-state index in [2.05, 4.69) is 34.6 Å². The summed E-state index contributed by atoms with van der Waals surface area (Å²) in [5, 5.41) is 10.3. The number of aryl methyl sites for hydroxylation is 1. The topological polar surface area (TPSA) is 29.5 Å². The fraction of sp³-hybridized carbons (Fsp3) is 0.786. The van der Waals surface area contributed by atoms with E-state index in [1.54, 1.807) is 0 Å². The van der Waals surface area contributed by atoms with Gasteiger partial charge in [0.05, 0.1) is 0 Å². The van der Waals surface area contributed by atoms with Gasteiger partial charge in [-0.2, -0.15) is 0 Å². The average molecular weight is 420 g/mol. The molecule has 2 nitrogen and oxygen atoms in total. The number of hydrogen-bond acceptors (Lipinski definition) is 2. The van der Waals surface area contributed by atoms with Gasteiger partial charge < -0.3 is 9.84 Å². The van der Waals surface area contributed by atoms with Crippen LogP contribution in [0, 0.1) is 31.5 Å². The molecule has 0 aliphatic carbocycles. The first kappa shape index (κ1) is 20.7. The van der Waals surface area contributed by atoms with E-state index in [1.807, 2.05) is 6.92 Å². The molecule has 1 aliphatic rings. The van der Waals surface area contributed by atoms with Crippen molar-refractivity contribution in [3.05, 3.63) is 22.8 Å². The molecule has 1 N–H and O–H groups in total. The molecule has 1 aromatic carbocycles. The van der Waals surface area contributed by atoms with Gasteiger partial charge in [0.25, 0.3) is 0 Å². The predicted octanol–water partition coefficient (Wildman–Crippen LogP) is 8.53. The van der Waals surface area contributed by atoms with E-state index in [-0.39, 0.29) is 16.9 Å². The van der Waals surface area contributed by atoms with Gasteiger partial charge in [0.1, 0.15) is 17.1 Å². The third kappa shape index (κ3) is 7.50. The molecule has 30 heavy (non-hydrogen) atoms. The van der Waals surface area contributed by atoms with Crippen molar-refractivity contribution in [3.63, 3.8) is 0 Å². The van der Waals surface area contributed by atoms with Gasteiger partial charge in [0.15, 0.2) is 0 Å². The zero-order valence-electron chi connectivity index (χ0n) is 23.4. The molecule has 0 unspecified atom stereocenters. The molecule has 0 saturated heterocycles. The first-order valence-corrected chi connectivity index (χ1v) is 12.4. The van der Waals surface area contributed by atoms with Crippen LogP contribution in [0.5, 0.6) is 11.5 Å². The quantitative estimate of drug-likeness (QED) is 0.368. The lowest BCUT2D eigenvalue weighted by molar-refractivity contribution is 0.0512. The number of phenolic OH excluding ortho intramolecular Hbond substituents is 1. The fourth-order valence-electron chi connectivity index (χ4n) is 4.89. The van der Waals surface area contributed by atoms with E-state index >= 15 is 0 Å². The molecular weight excluding hydrogens is 368 g/mol. The molecule has 0 radical (unpaired) electrons. The molecular formula is C28H48O2. The lowest BCUT2D eigenvalue weighted by Crippen LogP contribution is -2.37. The Kier molecular flexibility index (Phi) is 7.90. The number of ether oxygens (including phenoxy) is 1. The van der Waals surface area contributed by atoms with Crippen LogP contribution in [0.3, 0.4) is 0 Å². The van der Waals surface area contributed by atoms with Crippen molar-refractivity contribution < 1.29 is 14.0 Å². The van der Waals surface area contributed by atoms with Crippen LogP contribution in [0.1, 0.15) is 120 Å². The minimum atomic E-state index is -2.33. The third-order valence-corrected chi connectivity index (χ3v) is 7.07. The average Bonchev–Trinajstić information content (AvgIpc) is 2.67. The SMILES string of the molecule is [2H]C([2H])([2H])c1c(O)cc(C)c2c1CC[C@@](C)(CCC[C@H](C)CCC[C@H](C)CCCC(C)C)O2. The van der Waals surface area contributed by atoms with Crippen molar-refractivity contribution in [1.29, 1.82) is 0 Å². The highest BCUT2D eigenvalue weighted by Gasteiger charge is 2.33. The number of hydrogen-bond donors (Lipinski definition) is 1. The summed E-state index contributed by atoms with van der Waals surface area (Å²) in [5.41, 5.74) is 1.28. The molecule has 0 fully saturated rings. The summed E-state index contributed by atoms with van der Waals surface area (Å²) >= 11 is 0. The summed E-state index contributed by atoms with van der Waals surface area (Å²) in [6, 6.07) is 1.54. The normalized spacial score (nSPS) is 22.6. The highest BCUT2D eigenvalue weighted by Crippen LogP contribution is 2.42. The molecule has 0 bridgehead atoms. The summed E-state index contributed by atoms with van der Waals surface area (Å²) in [6.45, 7) is 11.1. The Hall–Kier alpha value is -1.18. The van der Waals surface area contributed by atoms with Crippen LogP contribution in [0.15, 0.2) is 6.07 Å². The van der Waals surface area contributed by atoms with Crippen molar-refractivity contribution in [2.75, 3.05) is 0 Å². The van der Waals surface area contributed by atoms with Crippen molar-refractivity contribution in [2.24, 2.45) is 17.8 Å². The maximum atomic E-state index is 10.3. The monoisotopic (exact) mass is 419 g/mol. The Morgan fingerprint density at radius 1 is 1.03 bits per heavy atom. The van der Waals surface area contributed by atoms with E-state index < -0.39 is 6.85 Å². The molecule has 0 amide bonds. The number of phenols is 1. The van der Waals surface area contributed by atoms with Gasteiger partial charge in [0, 0.05) is 9.68 Å². The van der Waals surface area contributed by atoms with Crippen LogP contribution < -0.4 is 4.74 Å². The molecule has 1 aliphatic heterocycles. The molecule has 0 spiro atoms. The zero-order valence-corrected chi connectivity index (χ0v) is 20.4. The Morgan fingerprint density at radius 3 is 2.23 bits per heavy atom. The largest absolute Gasteiger partial charge is 0.508 e. The van der Waals surface area contributed by atoms with Gasteiger partial charge in [-0.25, -0.2) is 0 Å². The van der Waals surface area contributed by atoms with Crippen LogP contribution in [0.25, 0.3) is 0 Å². The second-order valence-electron chi connectivity index (χ2n) is 10.8. The Bertz CT molecular complexity index is 756. The van der Waals surface area contributed by atoms with Crippen LogP contribution in [-0.2, 0) is 6.42 Å². The molecule has 0 saturated carbocycles. The standard InChI is InChI=1S/C28H48O2/c1-20(2)11-8-12-21(3)13-9-14-22(4)15-10-17-28(7)18-16-25-24(6)26(29)19-23(5)27(25)30-28/h19-22,29H,8-18H2,1-7H3/t21-,22-,28-/m1/s1/i6D3. The van der Waals surface area contributed by atoms with E-state index in [1.165, 1.54) is 51.0 Å². The highest BCUT2D eigenvalue weighted by molar-refractivity contribution is 5.53. The lowest BCUT2D eigenvalue weighted by Gasteiger charge is -2.37. The molecule has 0 aromatic heterocycles. The van der Waals surface area contributed by atoms with Crippen LogP contribution in [0.2, 0.25) is 0 Å². The molecule has 1 aromatic rings. The first-order chi connectivity index (χ1) is 15.3. The number of aromatic hydroxyl groups is 1. The number of fused-ring (bicyclic) bond motifs is 1. The maximum Gasteiger partial charge on any atom is 0.126 e. The van der Waals surface area contributed by atoms with E-state index in [0.717, 1.165) is 42.6 Å². The van der Waals surface area contributed by atoms with Crippen molar-refractivity contribution >= 4 is 0 Å². The summed E-state index contributed by atoms with van der Waals surface area (Å²) in [4.78, 5) is 0. The summed E-state index contributed by atoms with van der Waals surface area (Å²) in [6.07, 6.45) is 12.8. The van der Waals surface area contributed by atoms with Crippen LogP contribution in [0.4, 0.5) is 0 Å². The Labute approximate surface area is 191 Å². The van der Waals surface area contributed by atoms with Gasteiger partial charge in [-0.05, 0) is 81.3 Å². The lowest BCUT2D eigenvalue weighted by atomic mass is 9.84. The van der Waals surface area contributed by atoms with Gasteiger partial charge in [-0.15, -0.1) is 0 Å². The van der Waals surface area contributed by atoms with Crippen molar-refractivity contribution in [2.45, 2.75) is 125 Å². The predicted molar refractivity (Wildman–Crippen MR) is 130 cm³/mol. The second-order valence-corrected chi connectivity index (χ2v) is 10.8. The number of rotatable bonds is 12. The maximum absolute atomic E-state index is 10.3. The zero-order chi connectivity index (χ0) is 24.8. The Morgan fingerprint density at radius 2 is 1.63 bits per heavy atom. The second kappa shape index (κ2) is 11.4. The minimum Gasteiger partial charge on any atom is -0.508 e. The van der Waals surface area contributed by atoms with Gasteiger partial charge >= 0.3 is 0 Å². The Balaban J connectivity index is 1.80. The van der Waals surface area contributed by atoms with Crippen LogP contribution in [-0.4, -0.2) is 10.7 Å². The molecule has 1 heterocycles. The molecule has 2 rings (SSSR count). The van der Waals surface area contributed by atoms with Gasteiger partial charge in [-0.1, -0.05) is 72.6 Å². The van der Waals surface area contributed by atoms with Gasteiger partial charge in [0.2, 0.25) is 0 Å². The molecule has 172 valence electrons.